The zero-order chi connectivity index (χ0) is 21.7. The maximum absolute atomic E-state index is 12.5. The quantitative estimate of drug-likeness (QED) is 0.719. The summed E-state index contributed by atoms with van der Waals surface area (Å²) in [6.07, 6.45) is 0. The van der Waals surface area contributed by atoms with Gasteiger partial charge in [-0.05, 0) is 66.1 Å². The molecule has 30 heavy (non-hydrogen) atoms. The smallest absolute Gasteiger partial charge is 0.257 e. The molecule has 0 saturated carbocycles. The average molecular weight is 425 g/mol. The molecule has 1 saturated heterocycles. The first-order chi connectivity index (χ1) is 14.3. The van der Waals surface area contributed by atoms with E-state index in [1.165, 1.54) is 11.3 Å². The van der Waals surface area contributed by atoms with Crippen molar-refractivity contribution in [2.24, 2.45) is 0 Å². The summed E-state index contributed by atoms with van der Waals surface area (Å²) in [5, 5.41) is 6.15. The van der Waals surface area contributed by atoms with Gasteiger partial charge in [0.15, 0.2) is 5.11 Å². The largest absolute Gasteiger partial charge is 0.369 e. The van der Waals surface area contributed by atoms with E-state index in [-0.39, 0.29) is 11.3 Å². The number of rotatable bonds is 4. The highest BCUT2D eigenvalue weighted by molar-refractivity contribution is 7.80. The lowest BCUT2D eigenvalue weighted by Gasteiger charge is -2.35. The highest BCUT2D eigenvalue weighted by Gasteiger charge is 2.16. The van der Waals surface area contributed by atoms with Crippen molar-refractivity contribution in [3.63, 3.8) is 0 Å². The summed E-state index contributed by atoms with van der Waals surface area (Å²) in [7, 11) is 0. The van der Waals surface area contributed by atoms with E-state index in [9.17, 15) is 4.79 Å². The van der Waals surface area contributed by atoms with Crippen LogP contribution in [0.15, 0.2) is 48.5 Å². The minimum Gasteiger partial charge on any atom is -0.369 e. The zero-order valence-electron chi connectivity index (χ0n) is 18.4. The van der Waals surface area contributed by atoms with Crippen LogP contribution in [0.1, 0.15) is 43.6 Å². The lowest BCUT2D eigenvalue weighted by Crippen LogP contribution is -2.46. The molecule has 5 nitrogen and oxygen atoms in total. The molecule has 2 aromatic rings. The predicted octanol–water partition coefficient (Wildman–Crippen LogP) is 4.25. The first-order valence-electron chi connectivity index (χ1n) is 10.6. The third-order valence-electron chi connectivity index (χ3n) is 5.55. The predicted molar refractivity (Wildman–Crippen MR) is 130 cm³/mol. The minimum atomic E-state index is -0.210. The summed E-state index contributed by atoms with van der Waals surface area (Å²) in [6, 6.07) is 15.8. The zero-order valence-corrected chi connectivity index (χ0v) is 19.2. The standard InChI is InChI=1S/C24H32N4OS/c1-5-27-14-16-28(17-15-27)21-12-10-20(11-13-21)25-23(30)26-22(29)18-6-8-19(9-7-18)24(2,3)4/h6-13H,5,14-17H2,1-4H3,(H2,25,26,29,30). The Hall–Kier alpha value is -2.44. The second kappa shape index (κ2) is 9.58. The molecular weight excluding hydrogens is 392 g/mol. The fourth-order valence-corrected chi connectivity index (χ4v) is 3.75. The first kappa shape index (κ1) is 22.2. The number of piperazine rings is 1. The van der Waals surface area contributed by atoms with Crippen LogP contribution in [0.25, 0.3) is 0 Å². The van der Waals surface area contributed by atoms with Gasteiger partial charge >= 0.3 is 0 Å². The number of carbonyl (C=O) groups is 1. The summed E-state index contributed by atoms with van der Waals surface area (Å²) in [5.74, 6) is -0.210. The molecule has 6 heteroatoms. The fourth-order valence-electron chi connectivity index (χ4n) is 3.54. The van der Waals surface area contributed by atoms with Gasteiger partial charge in [0.25, 0.3) is 5.91 Å². The van der Waals surface area contributed by atoms with Gasteiger partial charge in [0.05, 0.1) is 0 Å². The molecular formula is C24H32N4OS. The number of carbonyl (C=O) groups excluding carboxylic acids is 1. The Balaban J connectivity index is 1.52. The van der Waals surface area contributed by atoms with Gasteiger partial charge in [-0.25, -0.2) is 0 Å². The Kier molecular flexibility index (Phi) is 7.10. The second-order valence-corrected chi connectivity index (χ2v) is 9.11. The van der Waals surface area contributed by atoms with Gasteiger partial charge in [0.2, 0.25) is 0 Å². The van der Waals surface area contributed by atoms with E-state index in [2.05, 4.69) is 60.3 Å². The van der Waals surface area contributed by atoms with Crippen LogP contribution in [-0.4, -0.2) is 48.6 Å². The number of benzene rings is 2. The summed E-state index contributed by atoms with van der Waals surface area (Å²) in [5.41, 5.74) is 3.91. The van der Waals surface area contributed by atoms with Crippen LogP contribution >= 0.6 is 12.2 Å². The molecule has 0 aliphatic carbocycles. The van der Waals surface area contributed by atoms with Crippen LogP contribution in [0.5, 0.6) is 0 Å². The van der Waals surface area contributed by atoms with E-state index in [0.717, 1.165) is 38.4 Å². The van der Waals surface area contributed by atoms with Gasteiger partial charge in [-0.15, -0.1) is 0 Å². The Morgan fingerprint density at radius 1 is 0.967 bits per heavy atom. The highest BCUT2D eigenvalue weighted by Crippen LogP contribution is 2.22. The highest BCUT2D eigenvalue weighted by atomic mass is 32.1. The number of hydrogen-bond donors (Lipinski definition) is 2. The summed E-state index contributed by atoms with van der Waals surface area (Å²) < 4.78 is 0. The molecule has 2 N–H and O–H groups in total. The third kappa shape index (κ3) is 5.80. The van der Waals surface area contributed by atoms with E-state index < -0.39 is 0 Å². The van der Waals surface area contributed by atoms with Gasteiger partial charge in [-0.2, -0.15) is 0 Å². The summed E-state index contributed by atoms with van der Waals surface area (Å²) in [4.78, 5) is 17.3. The fraction of sp³-hybridized carbons (Fsp3) is 0.417. The van der Waals surface area contributed by atoms with Crippen LogP contribution in [0.4, 0.5) is 11.4 Å². The maximum Gasteiger partial charge on any atom is 0.257 e. The van der Waals surface area contributed by atoms with Crippen molar-refractivity contribution < 1.29 is 4.79 Å². The molecule has 3 rings (SSSR count). The third-order valence-corrected chi connectivity index (χ3v) is 5.75. The number of thiocarbonyl (C=S) groups is 1. The molecule has 1 aliphatic rings. The molecule has 1 fully saturated rings. The molecule has 160 valence electrons. The molecule has 0 atom stereocenters. The molecule has 0 aromatic heterocycles. The molecule has 1 aliphatic heterocycles. The number of amides is 1. The first-order valence-corrected chi connectivity index (χ1v) is 11.0. The monoisotopic (exact) mass is 424 g/mol. The summed E-state index contributed by atoms with van der Waals surface area (Å²) >= 11 is 5.32. The van der Waals surface area contributed by atoms with Gasteiger partial charge in [-0.1, -0.05) is 39.8 Å². The van der Waals surface area contributed by atoms with Crippen molar-refractivity contribution in [1.82, 2.24) is 10.2 Å². The van der Waals surface area contributed by atoms with Crippen LogP contribution in [0.3, 0.4) is 0 Å². The van der Waals surface area contributed by atoms with Gasteiger partial charge < -0.3 is 15.1 Å². The van der Waals surface area contributed by atoms with E-state index in [1.807, 2.05) is 36.4 Å². The topological polar surface area (TPSA) is 47.6 Å². The van der Waals surface area contributed by atoms with Crippen LogP contribution in [-0.2, 0) is 5.41 Å². The van der Waals surface area contributed by atoms with Gasteiger partial charge in [0, 0.05) is 43.1 Å². The van der Waals surface area contributed by atoms with Crippen molar-refractivity contribution in [3.05, 3.63) is 59.7 Å². The molecule has 1 heterocycles. The number of likely N-dealkylation sites (N-methyl/N-ethyl adjacent to an activating group) is 1. The number of nitrogens with one attached hydrogen (secondary N) is 2. The van der Waals surface area contributed by atoms with Crippen molar-refractivity contribution in [2.45, 2.75) is 33.1 Å². The lowest BCUT2D eigenvalue weighted by atomic mass is 9.87. The van der Waals surface area contributed by atoms with Crippen LogP contribution in [0.2, 0.25) is 0 Å². The maximum atomic E-state index is 12.5. The Bertz CT molecular complexity index is 864. The van der Waals surface area contributed by atoms with E-state index in [1.54, 1.807) is 0 Å². The molecule has 0 unspecified atom stereocenters. The number of anilines is 2. The van der Waals surface area contributed by atoms with E-state index in [0.29, 0.717) is 10.7 Å². The van der Waals surface area contributed by atoms with Crippen LogP contribution in [0, 0.1) is 0 Å². The molecule has 2 aromatic carbocycles. The lowest BCUT2D eigenvalue weighted by molar-refractivity contribution is 0.0977. The SMILES string of the molecule is CCN1CCN(c2ccc(NC(=S)NC(=O)c3ccc(C(C)(C)C)cc3)cc2)CC1. The van der Waals surface area contributed by atoms with E-state index >= 15 is 0 Å². The van der Waals surface area contributed by atoms with Crippen LogP contribution < -0.4 is 15.5 Å². The molecule has 0 spiro atoms. The summed E-state index contributed by atoms with van der Waals surface area (Å²) in [6.45, 7) is 14.1. The van der Waals surface area contributed by atoms with Crippen molar-refractivity contribution >= 4 is 34.6 Å². The molecule has 0 bridgehead atoms. The second-order valence-electron chi connectivity index (χ2n) is 8.70. The van der Waals surface area contributed by atoms with E-state index in [4.69, 9.17) is 12.2 Å². The van der Waals surface area contributed by atoms with Crippen molar-refractivity contribution in [3.8, 4) is 0 Å². The normalized spacial score (nSPS) is 15.0. The Morgan fingerprint density at radius 3 is 2.10 bits per heavy atom. The van der Waals surface area contributed by atoms with Gasteiger partial charge in [0.1, 0.15) is 0 Å². The average Bonchev–Trinajstić information content (AvgIpc) is 2.74. The number of nitrogens with zero attached hydrogens (tertiary/aromatic N) is 2. The molecule has 0 radical (unpaired) electrons. The number of hydrogen-bond acceptors (Lipinski definition) is 4. The van der Waals surface area contributed by atoms with Crippen molar-refractivity contribution in [2.75, 3.05) is 42.9 Å². The van der Waals surface area contributed by atoms with Crippen molar-refractivity contribution in [1.29, 1.82) is 0 Å². The molecule has 1 amide bonds. The van der Waals surface area contributed by atoms with Gasteiger partial charge in [-0.3, -0.25) is 10.1 Å². The Labute approximate surface area is 185 Å². The Morgan fingerprint density at radius 2 is 1.57 bits per heavy atom. The minimum absolute atomic E-state index is 0.0571.